The van der Waals surface area contributed by atoms with E-state index in [1.807, 2.05) is 0 Å². The summed E-state index contributed by atoms with van der Waals surface area (Å²) in [6.45, 7) is 0.295. The van der Waals surface area contributed by atoms with Gasteiger partial charge in [0, 0.05) is 30.9 Å². The highest BCUT2D eigenvalue weighted by molar-refractivity contribution is 7.91. The summed E-state index contributed by atoms with van der Waals surface area (Å²) in [7, 11) is -3.30. The number of carbonyl (C=O) groups is 1. The molecule has 214 valence electrons. The maximum atomic E-state index is 14.8. The van der Waals surface area contributed by atoms with Crippen LogP contribution in [-0.2, 0) is 20.0 Å². The van der Waals surface area contributed by atoms with Gasteiger partial charge in [0.15, 0.2) is 20.6 Å². The van der Waals surface area contributed by atoms with E-state index in [4.69, 9.17) is 11.6 Å². The van der Waals surface area contributed by atoms with Gasteiger partial charge in [-0.05, 0) is 31.0 Å². The number of hydrogen-bond acceptors (Lipinski definition) is 6. The van der Waals surface area contributed by atoms with Crippen LogP contribution >= 0.6 is 11.6 Å². The van der Waals surface area contributed by atoms with Gasteiger partial charge in [-0.2, -0.15) is 18.3 Å². The van der Waals surface area contributed by atoms with Gasteiger partial charge in [0.25, 0.3) is 5.92 Å². The summed E-state index contributed by atoms with van der Waals surface area (Å²) in [6, 6.07) is 6.57. The first-order chi connectivity index (χ1) is 18.7. The molecule has 1 unspecified atom stereocenters. The van der Waals surface area contributed by atoms with Crippen LogP contribution in [0.1, 0.15) is 30.5 Å². The third-order valence-electron chi connectivity index (χ3n) is 8.33. The molecule has 4 heterocycles. The van der Waals surface area contributed by atoms with Crippen LogP contribution < -0.4 is 4.90 Å². The third-order valence-corrected chi connectivity index (χ3v) is 10.3. The molecular formula is C25H23ClF5N5O3S. The lowest BCUT2D eigenvalue weighted by Gasteiger charge is -2.28. The maximum absolute atomic E-state index is 14.8. The van der Waals surface area contributed by atoms with Crippen LogP contribution in [0.3, 0.4) is 0 Å². The second-order valence-corrected chi connectivity index (χ2v) is 13.5. The van der Waals surface area contributed by atoms with Gasteiger partial charge >= 0.3 is 6.18 Å². The van der Waals surface area contributed by atoms with Gasteiger partial charge in [-0.15, -0.1) is 0 Å². The summed E-state index contributed by atoms with van der Waals surface area (Å²) in [6.07, 6.45) is -2.70. The summed E-state index contributed by atoms with van der Waals surface area (Å²) in [5.74, 6) is -5.86. The van der Waals surface area contributed by atoms with E-state index < -0.39 is 51.8 Å². The van der Waals surface area contributed by atoms with Gasteiger partial charge in [0.05, 0.1) is 40.9 Å². The lowest BCUT2D eigenvalue weighted by molar-refractivity contribution is -0.181. The first-order valence-electron chi connectivity index (χ1n) is 12.4. The van der Waals surface area contributed by atoms with Crippen molar-refractivity contribution in [1.29, 1.82) is 0 Å². The molecule has 1 aliphatic carbocycles. The highest BCUT2D eigenvalue weighted by Crippen LogP contribution is 2.62. The number of anilines is 2. The molecule has 1 amide bonds. The number of rotatable bonds is 6. The molecule has 40 heavy (non-hydrogen) atoms. The summed E-state index contributed by atoms with van der Waals surface area (Å²) in [4.78, 5) is 18.4. The zero-order valence-electron chi connectivity index (χ0n) is 20.9. The van der Waals surface area contributed by atoms with Gasteiger partial charge in [0.2, 0.25) is 6.41 Å². The van der Waals surface area contributed by atoms with E-state index in [9.17, 15) is 35.2 Å². The van der Waals surface area contributed by atoms with Gasteiger partial charge in [-0.3, -0.25) is 4.79 Å². The third kappa shape index (κ3) is 4.13. The summed E-state index contributed by atoms with van der Waals surface area (Å²) in [5.41, 5.74) is -1.49. The predicted octanol–water partition coefficient (Wildman–Crippen LogP) is 4.35. The number of alkyl halides is 5. The normalized spacial score (nSPS) is 28.6. The second-order valence-electron chi connectivity index (χ2n) is 10.9. The number of carbonyl (C=O) groups excluding carboxylic acids is 1. The van der Waals surface area contributed by atoms with Gasteiger partial charge in [-0.25, -0.2) is 26.7 Å². The van der Waals surface area contributed by atoms with E-state index in [0.717, 1.165) is 16.3 Å². The number of sulfone groups is 1. The fraction of sp³-hybridized carbons (Fsp3) is 0.480. The van der Waals surface area contributed by atoms with E-state index >= 15 is 0 Å². The second kappa shape index (κ2) is 8.75. The van der Waals surface area contributed by atoms with Crippen LogP contribution in [0.5, 0.6) is 0 Å². The molecule has 3 aliphatic rings. The molecule has 0 spiro atoms. The largest absolute Gasteiger partial charge is 0.401 e. The Hall–Kier alpha value is -3.00. The Bertz CT molecular complexity index is 1610. The smallest absolute Gasteiger partial charge is 0.341 e. The van der Waals surface area contributed by atoms with Gasteiger partial charge in [-0.1, -0.05) is 23.7 Å². The van der Waals surface area contributed by atoms with Gasteiger partial charge < -0.3 is 9.80 Å². The van der Waals surface area contributed by atoms with Crippen molar-refractivity contribution in [2.24, 2.45) is 5.92 Å². The number of benzene rings is 1. The minimum atomic E-state index is -4.64. The van der Waals surface area contributed by atoms with Crippen molar-refractivity contribution in [2.45, 2.75) is 42.8 Å². The van der Waals surface area contributed by atoms with Crippen molar-refractivity contribution in [3.8, 4) is 0 Å². The molecule has 1 aromatic carbocycles. The molecule has 1 saturated carbocycles. The van der Waals surface area contributed by atoms with Crippen molar-refractivity contribution >= 4 is 44.9 Å². The Morgan fingerprint density at radius 1 is 1.23 bits per heavy atom. The molecular weight excluding hydrogens is 581 g/mol. The molecule has 4 atom stereocenters. The Morgan fingerprint density at radius 3 is 2.52 bits per heavy atom. The average Bonchev–Trinajstić information content (AvgIpc) is 3.25. The number of fused-ring (bicyclic) bond motifs is 3. The lowest BCUT2D eigenvalue weighted by atomic mass is 9.87. The van der Waals surface area contributed by atoms with Crippen LogP contribution in [0.2, 0.25) is 5.15 Å². The van der Waals surface area contributed by atoms with E-state index in [0.29, 0.717) is 12.1 Å². The van der Waals surface area contributed by atoms with Crippen LogP contribution in [0.25, 0.3) is 5.65 Å². The molecule has 15 heteroatoms. The predicted molar refractivity (Wildman–Crippen MR) is 136 cm³/mol. The van der Waals surface area contributed by atoms with E-state index in [-0.39, 0.29) is 52.2 Å². The van der Waals surface area contributed by atoms with Crippen LogP contribution in [-0.4, -0.2) is 77.1 Å². The molecule has 3 aromatic rings. The molecule has 2 aliphatic heterocycles. The minimum absolute atomic E-state index is 0.00385. The van der Waals surface area contributed by atoms with Crippen molar-refractivity contribution in [3.05, 3.63) is 52.9 Å². The fourth-order valence-electron chi connectivity index (χ4n) is 6.02. The Labute approximate surface area is 230 Å². The Kier molecular flexibility index (Phi) is 5.95. The Morgan fingerprint density at radius 2 is 1.93 bits per heavy atom. The van der Waals surface area contributed by atoms with Crippen LogP contribution in [0, 0.1) is 5.92 Å². The number of nitrogens with zero attached hydrogens (tertiary/aromatic N) is 5. The standard InChI is InChI=1S/C25H23ClF5N5O3S/c1-23(25(29,30)31)12-35(18-9-32-20-8-19(26)33-36(20)22(18)23)15-4-2-14(3-5-15)21-17(24(21,27)28)10-34(13-37)16-6-7-40(38,39)11-16/h2-5,8-9,13,16-17,21H,6-7,10-12H2,1H3/t16?,17-,21+,23+/m0/s1. The monoisotopic (exact) mass is 603 g/mol. The summed E-state index contributed by atoms with van der Waals surface area (Å²) in [5, 5.41) is 4.00. The first kappa shape index (κ1) is 27.2. The zero-order valence-corrected chi connectivity index (χ0v) is 22.5. The van der Waals surface area contributed by atoms with E-state index in [2.05, 4.69) is 10.1 Å². The average molecular weight is 604 g/mol. The molecule has 6 rings (SSSR count). The molecule has 0 N–H and O–H groups in total. The lowest BCUT2D eigenvalue weighted by Crippen LogP contribution is -2.43. The van der Waals surface area contributed by atoms with E-state index in [1.165, 1.54) is 41.4 Å². The zero-order chi connectivity index (χ0) is 28.8. The molecule has 8 nitrogen and oxygen atoms in total. The minimum Gasteiger partial charge on any atom is -0.341 e. The Balaban J connectivity index is 1.27. The molecule has 2 aromatic heterocycles. The van der Waals surface area contributed by atoms with Crippen LogP contribution in [0.15, 0.2) is 36.5 Å². The SMILES string of the molecule is C[C@@]1(C(F)(F)F)CN(c2ccc([C@@H]3[C@H](CN(C=O)C4CCS(=O)(=O)C4)C3(F)F)cc2)c2cnc3cc(Cl)nn3c21. The van der Waals surface area contributed by atoms with Crippen molar-refractivity contribution in [2.75, 3.05) is 29.5 Å². The van der Waals surface area contributed by atoms with Crippen molar-refractivity contribution in [1.82, 2.24) is 19.5 Å². The van der Waals surface area contributed by atoms with Gasteiger partial charge in [0.1, 0.15) is 5.41 Å². The van der Waals surface area contributed by atoms with Crippen molar-refractivity contribution in [3.63, 3.8) is 0 Å². The summed E-state index contributed by atoms with van der Waals surface area (Å²) >= 11 is 5.95. The number of aromatic nitrogens is 3. The van der Waals surface area contributed by atoms with E-state index in [1.54, 1.807) is 0 Å². The highest BCUT2D eigenvalue weighted by Gasteiger charge is 2.69. The molecule has 0 radical (unpaired) electrons. The first-order valence-corrected chi connectivity index (χ1v) is 14.6. The van der Waals surface area contributed by atoms with Crippen molar-refractivity contribution < 1.29 is 35.2 Å². The summed E-state index contributed by atoms with van der Waals surface area (Å²) < 4.78 is 97.5. The topological polar surface area (TPSA) is 87.9 Å². The van der Waals surface area contributed by atoms with Crippen LogP contribution in [0.4, 0.5) is 33.3 Å². The highest BCUT2D eigenvalue weighted by atomic mass is 35.5. The molecule has 1 saturated heterocycles. The molecule has 0 bridgehead atoms. The quantitative estimate of drug-likeness (QED) is 0.308. The maximum Gasteiger partial charge on any atom is 0.401 e. The fourth-order valence-corrected chi connectivity index (χ4v) is 7.93. The number of hydrogen-bond donors (Lipinski definition) is 0. The number of amides is 1. The number of halogens is 6. The molecule has 2 fully saturated rings.